The number of carbonyl (C=O) groups excluding carboxylic acids is 1. The van der Waals surface area contributed by atoms with E-state index in [4.69, 9.17) is 9.47 Å². The van der Waals surface area contributed by atoms with Crippen LogP contribution < -0.4 is 15.4 Å². The second kappa shape index (κ2) is 11.8. The monoisotopic (exact) mass is 543 g/mol. The van der Waals surface area contributed by atoms with Gasteiger partial charge in [0.2, 0.25) is 5.95 Å². The summed E-state index contributed by atoms with van der Waals surface area (Å²) in [4.78, 5) is 28.7. The van der Waals surface area contributed by atoms with Gasteiger partial charge in [-0.2, -0.15) is 4.98 Å². The van der Waals surface area contributed by atoms with Crippen LogP contribution in [0.25, 0.3) is 10.9 Å². The Labute approximate surface area is 234 Å². The van der Waals surface area contributed by atoms with Crippen molar-refractivity contribution in [2.75, 3.05) is 50.0 Å². The number of piperazine rings is 1. The molecule has 1 fully saturated rings. The van der Waals surface area contributed by atoms with Crippen molar-refractivity contribution in [2.45, 2.75) is 33.3 Å². The Morgan fingerprint density at radius 3 is 2.60 bits per heavy atom. The number of anilines is 4. The van der Waals surface area contributed by atoms with Crippen LogP contribution in [0.2, 0.25) is 0 Å². The zero-order valence-corrected chi connectivity index (χ0v) is 23.5. The minimum Gasteiger partial charge on any atom is -0.492 e. The minimum atomic E-state index is -0.477. The molecule has 1 aliphatic heterocycles. The number of aryl methyl sites for hydroxylation is 1. The molecule has 1 aliphatic rings. The van der Waals surface area contributed by atoms with E-state index in [-0.39, 0.29) is 6.09 Å². The third kappa shape index (κ3) is 7.41. The molecule has 2 aromatic carbocycles. The van der Waals surface area contributed by atoms with E-state index in [0.29, 0.717) is 31.5 Å². The third-order valence-electron chi connectivity index (χ3n) is 6.47. The van der Waals surface area contributed by atoms with Crippen LogP contribution in [0, 0.1) is 6.92 Å². The molecule has 5 rings (SSSR count). The maximum Gasteiger partial charge on any atom is 0.410 e. The molecule has 0 unspecified atom stereocenters. The normalized spacial score (nSPS) is 14.2. The van der Waals surface area contributed by atoms with Gasteiger partial charge in [0.05, 0.1) is 0 Å². The Morgan fingerprint density at radius 2 is 1.80 bits per heavy atom. The fraction of sp³-hybridized carbons (Fsp3) is 0.367. The van der Waals surface area contributed by atoms with E-state index in [1.54, 1.807) is 11.1 Å². The van der Waals surface area contributed by atoms with Gasteiger partial charge in [0.25, 0.3) is 0 Å². The number of carbonyl (C=O) groups is 1. The quantitative estimate of drug-likeness (QED) is 0.260. The Hall–Kier alpha value is -4.31. The van der Waals surface area contributed by atoms with Gasteiger partial charge in [0.1, 0.15) is 23.8 Å². The molecule has 40 heavy (non-hydrogen) atoms. The summed E-state index contributed by atoms with van der Waals surface area (Å²) in [6, 6.07) is 17.9. The van der Waals surface area contributed by atoms with E-state index in [1.165, 1.54) is 0 Å². The van der Waals surface area contributed by atoms with Crippen molar-refractivity contribution in [1.82, 2.24) is 24.8 Å². The first-order chi connectivity index (χ1) is 19.2. The first-order valence-corrected chi connectivity index (χ1v) is 13.6. The summed E-state index contributed by atoms with van der Waals surface area (Å²) in [5.41, 5.74) is 3.55. The lowest BCUT2D eigenvalue weighted by Gasteiger charge is -2.35. The van der Waals surface area contributed by atoms with Crippen molar-refractivity contribution < 1.29 is 14.3 Å². The van der Waals surface area contributed by atoms with Crippen LogP contribution in [-0.2, 0) is 4.74 Å². The summed E-state index contributed by atoms with van der Waals surface area (Å²) in [7, 11) is 0. The van der Waals surface area contributed by atoms with Gasteiger partial charge < -0.3 is 30.0 Å². The molecule has 3 N–H and O–H groups in total. The van der Waals surface area contributed by atoms with Gasteiger partial charge in [-0.25, -0.2) is 9.78 Å². The molecule has 1 saturated heterocycles. The van der Waals surface area contributed by atoms with Gasteiger partial charge in [-0.15, -0.1) is 0 Å². The summed E-state index contributed by atoms with van der Waals surface area (Å²) >= 11 is 0. The van der Waals surface area contributed by atoms with E-state index in [9.17, 15) is 4.79 Å². The Morgan fingerprint density at radius 1 is 1.00 bits per heavy atom. The molecule has 3 heterocycles. The number of fused-ring (bicyclic) bond motifs is 1. The fourth-order valence-corrected chi connectivity index (χ4v) is 4.56. The number of H-pyrrole nitrogens is 1. The van der Waals surface area contributed by atoms with Crippen LogP contribution in [0.4, 0.5) is 27.9 Å². The highest BCUT2D eigenvalue weighted by Crippen LogP contribution is 2.24. The molecular formula is C30H37N7O3. The molecule has 10 heteroatoms. The molecule has 210 valence electrons. The number of rotatable bonds is 8. The number of ether oxygens (including phenoxy) is 2. The maximum absolute atomic E-state index is 12.3. The second-order valence-corrected chi connectivity index (χ2v) is 11.0. The molecular weight excluding hydrogens is 506 g/mol. The topological polar surface area (TPSA) is 108 Å². The lowest BCUT2D eigenvalue weighted by atomic mass is 10.2. The summed E-state index contributed by atoms with van der Waals surface area (Å²) in [6.45, 7) is 11.9. The lowest BCUT2D eigenvalue weighted by Crippen LogP contribution is -2.50. The number of benzene rings is 2. The van der Waals surface area contributed by atoms with Gasteiger partial charge in [-0.1, -0.05) is 6.07 Å². The number of hydrogen-bond donors (Lipinski definition) is 3. The molecule has 4 aromatic rings. The molecule has 0 atom stereocenters. The Bertz CT molecular complexity index is 1460. The van der Waals surface area contributed by atoms with Crippen molar-refractivity contribution in [3.8, 4) is 5.75 Å². The summed E-state index contributed by atoms with van der Waals surface area (Å²) in [5.74, 6) is 1.95. The summed E-state index contributed by atoms with van der Waals surface area (Å²) in [5, 5.41) is 7.77. The van der Waals surface area contributed by atoms with Gasteiger partial charge in [0.15, 0.2) is 0 Å². The lowest BCUT2D eigenvalue weighted by molar-refractivity contribution is 0.0137. The molecule has 10 nitrogen and oxygen atoms in total. The third-order valence-corrected chi connectivity index (χ3v) is 6.47. The SMILES string of the molecule is Cc1cc2cc(Nc3ccnc(Nc4cccc(OCCN5CCN(C(=O)OC(C)(C)C)CC5)c4)n3)ccc2[nH]1. The van der Waals surface area contributed by atoms with Crippen LogP contribution in [0.1, 0.15) is 26.5 Å². The number of aromatic amines is 1. The number of nitrogens with zero attached hydrogens (tertiary/aromatic N) is 4. The first-order valence-electron chi connectivity index (χ1n) is 13.6. The molecule has 0 aliphatic carbocycles. The second-order valence-electron chi connectivity index (χ2n) is 11.0. The van der Waals surface area contributed by atoms with Crippen molar-refractivity contribution in [2.24, 2.45) is 0 Å². The number of hydrogen-bond acceptors (Lipinski definition) is 8. The minimum absolute atomic E-state index is 0.244. The Kier molecular flexibility index (Phi) is 8.06. The maximum atomic E-state index is 12.3. The van der Waals surface area contributed by atoms with Gasteiger partial charge in [-0.05, 0) is 70.2 Å². The molecule has 0 saturated carbocycles. The predicted molar refractivity (Wildman–Crippen MR) is 158 cm³/mol. The largest absolute Gasteiger partial charge is 0.492 e. The first kappa shape index (κ1) is 27.3. The highest BCUT2D eigenvalue weighted by atomic mass is 16.6. The highest BCUT2D eigenvalue weighted by Gasteiger charge is 2.25. The number of amides is 1. The summed E-state index contributed by atoms with van der Waals surface area (Å²) in [6.07, 6.45) is 1.48. The van der Waals surface area contributed by atoms with Crippen molar-refractivity contribution in [3.05, 3.63) is 66.5 Å². The van der Waals surface area contributed by atoms with Crippen LogP contribution in [0.5, 0.6) is 5.75 Å². The van der Waals surface area contributed by atoms with Crippen LogP contribution >= 0.6 is 0 Å². The smallest absolute Gasteiger partial charge is 0.410 e. The van der Waals surface area contributed by atoms with Gasteiger partial charge in [0, 0.05) is 73.0 Å². The van der Waals surface area contributed by atoms with Crippen molar-refractivity contribution >= 4 is 40.1 Å². The van der Waals surface area contributed by atoms with Crippen molar-refractivity contribution in [1.29, 1.82) is 0 Å². The standard InChI is InChI=1S/C30H37N7O3/c1-21-18-22-19-24(8-9-26(22)32-21)33-27-10-11-31-28(35-27)34-23-6-5-7-25(20-23)39-17-16-36-12-14-37(15-13-36)29(38)40-30(2,3)4/h5-11,18-20,32H,12-17H2,1-4H3,(H2,31,33,34,35). The summed E-state index contributed by atoms with van der Waals surface area (Å²) < 4.78 is 11.5. The zero-order valence-electron chi connectivity index (χ0n) is 23.5. The molecule has 0 bridgehead atoms. The van der Waals surface area contributed by atoms with Gasteiger partial charge in [-0.3, -0.25) is 4.90 Å². The average molecular weight is 544 g/mol. The van der Waals surface area contributed by atoms with E-state index >= 15 is 0 Å². The average Bonchev–Trinajstić information content (AvgIpc) is 3.28. The molecule has 2 aromatic heterocycles. The van der Waals surface area contributed by atoms with Crippen LogP contribution in [0.3, 0.4) is 0 Å². The molecule has 0 spiro atoms. The highest BCUT2D eigenvalue weighted by molar-refractivity contribution is 5.84. The van der Waals surface area contributed by atoms with E-state index in [2.05, 4.69) is 48.7 Å². The number of aromatic nitrogens is 3. The Balaban J connectivity index is 1.10. The number of nitrogens with one attached hydrogen (secondary N) is 3. The van der Waals surface area contributed by atoms with Crippen molar-refractivity contribution in [3.63, 3.8) is 0 Å². The van der Waals surface area contributed by atoms with Gasteiger partial charge >= 0.3 is 6.09 Å². The van der Waals surface area contributed by atoms with E-state index in [0.717, 1.165) is 53.4 Å². The molecule has 1 amide bonds. The van der Waals surface area contributed by atoms with Crippen LogP contribution in [0.15, 0.2) is 60.8 Å². The molecule has 0 radical (unpaired) electrons. The van der Waals surface area contributed by atoms with Crippen LogP contribution in [-0.4, -0.2) is 75.8 Å². The van der Waals surface area contributed by atoms with E-state index < -0.39 is 5.60 Å². The van der Waals surface area contributed by atoms with E-state index in [1.807, 2.05) is 64.1 Å². The zero-order chi connectivity index (χ0) is 28.1. The fourth-order valence-electron chi connectivity index (χ4n) is 4.56. The predicted octanol–water partition coefficient (Wildman–Crippen LogP) is 5.69.